The maximum absolute atomic E-state index is 10.1. The van der Waals surface area contributed by atoms with Crippen molar-refractivity contribution in [3.05, 3.63) is 24.3 Å². The van der Waals surface area contributed by atoms with Crippen molar-refractivity contribution >= 4 is 0 Å². The molecule has 0 radical (unpaired) electrons. The normalized spacial score (nSPS) is 18.0. The highest BCUT2D eigenvalue weighted by Crippen LogP contribution is 2.27. The van der Waals surface area contributed by atoms with Gasteiger partial charge in [-0.05, 0) is 43.0 Å². The fourth-order valence-electron chi connectivity index (χ4n) is 2.72. The molecule has 1 fully saturated rings. The zero-order valence-corrected chi connectivity index (χ0v) is 11.7. The van der Waals surface area contributed by atoms with E-state index in [0.29, 0.717) is 12.5 Å². The molecule has 1 aromatic rings. The van der Waals surface area contributed by atoms with E-state index in [1.807, 2.05) is 24.3 Å². The van der Waals surface area contributed by atoms with Crippen LogP contribution in [0.25, 0.3) is 0 Å². The molecule has 0 bridgehead atoms. The summed E-state index contributed by atoms with van der Waals surface area (Å²) in [5.41, 5.74) is 0. The molecule has 1 atom stereocenters. The van der Waals surface area contributed by atoms with Gasteiger partial charge in [0.15, 0.2) is 0 Å². The number of hydrogen-bond acceptors (Lipinski definition) is 3. The predicted molar refractivity (Wildman–Crippen MR) is 75.7 cm³/mol. The molecule has 0 amide bonds. The van der Waals surface area contributed by atoms with Crippen LogP contribution in [0.15, 0.2) is 24.3 Å². The molecular weight excluding hydrogens is 240 g/mol. The first kappa shape index (κ1) is 14.2. The first-order valence-corrected chi connectivity index (χ1v) is 7.24. The van der Waals surface area contributed by atoms with Crippen LogP contribution in [-0.4, -0.2) is 24.9 Å². The largest absolute Gasteiger partial charge is 0.497 e. The lowest BCUT2D eigenvalue weighted by Gasteiger charge is -2.26. The minimum atomic E-state index is -0.210. The van der Waals surface area contributed by atoms with E-state index in [1.54, 1.807) is 7.11 Å². The highest BCUT2D eigenvalue weighted by Gasteiger charge is 2.21. The Morgan fingerprint density at radius 2 is 1.74 bits per heavy atom. The third kappa shape index (κ3) is 4.43. The number of benzene rings is 1. The number of aliphatic hydroxyl groups is 1. The maximum Gasteiger partial charge on any atom is 0.119 e. The maximum atomic E-state index is 10.1. The van der Waals surface area contributed by atoms with Crippen molar-refractivity contribution in [2.75, 3.05) is 13.7 Å². The Bertz CT molecular complexity index is 355. The molecule has 1 saturated carbocycles. The minimum Gasteiger partial charge on any atom is -0.497 e. The van der Waals surface area contributed by atoms with Crippen LogP contribution in [0.3, 0.4) is 0 Å². The van der Waals surface area contributed by atoms with Gasteiger partial charge >= 0.3 is 0 Å². The second-order valence-electron chi connectivity index (χ2n) is 5.28. The molecule has 1 N–H and O–H groups in total. The fourth-order valence-corrected chi connectivity index (χ4v) is 2.72. The molecule has 0 aromatic heterocycles. The topological polar surface area (TPSA) is 38.7 Å². The van der Waals surface area contributed by atoms with Crippen LogP contribution in [0.4, 0.5) is 0 Å². The van der Waals surface area contributed by atoms with Crippen LogP contribution in [0, 0.1) is 5.92 Å². The number of methoxy groups -OCH3 is 1. The fraction of sp³-hybridized carbons (Fsp3) is 0.625. The van der Waals surface area contributed by atoms with Crippen molar-refractivity contribution in [1.29, 1.82) is 0 Å². The van der Waals surface area contributed by atoms with Crippen LogP contribution in [0.5, 0.6) is 11.5 Å². The average molecular weight is 264 g/mol. The molecule has 1 unspecified atom stereocenters. The van der Waals surface area contributed by atoms with Crippen LogP contribution >= 0.6 is 0 Å². The summed E-state index contributed by atoms with van der Waals surface area (Å²) in [6.45, 7) is 0.573. The molecule has 1 aromatic carbocycles. The van der Waals surface area contributed by atoms with Gasteiger partial charge < -0.3 is 14.6 Å². The monoisotopic (exact) mass is 264 g/mol. The van der Waals surface area contributed by atoms with Gasteiger partial charge in [0, 0.05) is 6.42 Å². The van der Waals surface area contributed by atoms with Gasteiger partial charge in [0.25, 0.3) is 0 Å². The van der Waals surface area contributed by atoms with E-state index in [9.17, 15) is 5.11 Å². The second kappa shape index (κ2) is 7.39. The van der Waals surface area contributed by atoms with E-state index in [-0.39, 0.29) is 6.10 Å². The van der Waals surface area contributed by atoms with Gasteiger partial charge in [0.05, 0.1) is 19.8 Å². The third-order valence-electron chi connectivity index (χ3n) is 3.94. The van der Waals surface area contributed by atoms with E-state index in [2.05, 4.69) is 0 Å². The van der Waals surface area contributed by atoms with Crippen molar-refractivity contribution in [1.82, 2.24) is 0 Å². The number of ether oxygens (including phenoxy) is 2. The molecule has 1 aliphatic carbocycles. The summed E-state index contributed by atoms with van der Waals surface area (Å²) in [7, 11) is 1.65. The molecule has 0 heterocycles. The second-order valence-corrected chi connectivity index (χ2v) is 5.28. The summed E-state index contributed by atoms with van der Waals surface area (Å²) >= 11 is 0. The van der Waals surface area contributed by atoms with Gasteiger partial charge in [-0.1, -0.05) is 19.3 Å². The molecule has 0 spiro atoms. The average Bonchev–Trinajstić information content (AvgIpc) is 2.49. The molecule has 0 aliphatic heterocycles. The van der Waals surface area contributed by atoms with E-state index >= 15 is 0 Å². The number of rotatable bonds is 6. The highest BCUT2D eigenvalue weighted by atomic mass is 16.5. The smallest absolute Gasteiger partial charge is 0.119 e. The summed E-state index contributed by atoms with van der Waals surface area (Å²) in [5, 5.41) is 10.1. The minimum absolute atomic E-state index is 0.210. The Hall–Kier alpha value is -1.22. The van der Waals surface area contributed by atoms with Crippen molar-refractivity contribution in [2.24, 2.45) is 5.92 Å². The van der Waals surface area contributed by atoms with Crippen LogP contribution in [-0.2, 0) is 0 Å². The van der Waals surface area contributed by atoms with Crippen LogP contribution in [0.2, 0.25) is 0 Å². The van der Waals surface area contributed by atoms with Gasteiger partial charge in [-0.25, -0.2) is 0 Å². The lowest BCUT2D eigenvalue weighted by molar-refractivity contribution is 0.0640. The summed E-state index contributed by atoms with van der Waals surface area (Å²) < 4.78 is 10.7. The number of aliphatic hydroxyl groups excluding tert-OH is 1. The molecule has 106 valence electrons. The van der Waals surface area contributed by atoms with Gasteiger partial charge in [0.2, 0.25) is 0 Å². The van der Waals surface area contributed by atoms with E-state index in [0.717, 1.165) is 17.9 Å². The van der Waals surface area contributed by atoms with Crippen molar-refractivity contribution in [3.63, 3.8) is 0 Å². The van der Waals surface area contributed by atoms with Gasteiger partial charge in [0.1, 0.15) is 11.5 Å². The Labute approximate surface area is 115 Å². The van der Waals surface area contributed by atoms with Crippen molar-refractivity contribution in [2.45, 2.75) is 44.6 Å². The summed E-state index contributed by atoms with van der Waals surface area (Å²) in [4.78, 5) is 0. The Morgan fingerprint density at radius 1 is 1.11 bits per heavy atom. The van der Waals surface area contributed by atoms with Gasteiger partial charge in [-0.15, -0.1) is 0 Å². The molecule has 3 heteroatoms. The Balaban J connectivity index is 1.69. The van der Waals surface area contributed by atoms with Crippen molar-refractivity contribution < 1.29 is 14.6 Å². The lowest BCUT2D eigenvalue weighted by atomic mass is 9.84. The predicted octanol–water partition coefficient (Wildman–Crippen LogP) is 3.41. The zero-order chi connectivity index (χ0) is 13.5. The van der Waals surface area contributed by atoms with Crippen molar-refractivity contribution in [3.8, 4) is 11.5 Å². The number of hydrogen-bond donors (Lipinski definition) is 1. The van der Waals surface area contributed by atoms with Crippen LogP contribution in [0.1, 0.15) is 38.5 Å². The molecule has 2 rings (SSSR count). The zero-order valence-electron chi connectivity index (χ0n) is 11.7. The first-order valence-electron chi connectivity index (χ1n) is 7.24. The lowest BCUT2D eigenvalue weighted by Crippen LogP contribution is -2.24. The molecule has 1 aliphatic rings. The molecular formula is C16H24O3. The SMILES string of the molecule is COc1ccc(OCCC(O)C2CCCCC2)cc1. The highest BCUT2D eigenvalue weighted by molar-refractivity contribution is 5.31. The summed E-state index contributed by atoms with van der Waals surface area (Å²) in [5.74, 6) is 2.14. The Kier molecular flexibility index (Phi) is 5.52. The van der Waals surface area contributed by atoms with Gasteiger partial charge in [-0.3, -0.25) is 0 Å². The molecule has 19 heavy (non-hydrogen) atoms. The third-order valence-corrected chi connectivity index (χ3v) is 3.94. The molecule has 0 saturated heterocycles. The van der Waals surface area contributed by atoms with E-state index in [4.69, 9.17) is 9.47 Å². The summed E-state index contributed by atoms with van der Waals surface area (Å²) in [6, 6.07) is 7.55. The molecule has 3 nitrogen and oxygen atoms in total. The first-order chi connectivity index (χ1) is 9.29. The summed E-state index contributed by atoms with van der Waals surface area (Å²) in [6.07, 6.45) is 6.70. The van der Waals surface area contributed by atoms with Crippen LogP contribution < -0.4 is 9.47 Å². The standard InChI is InChI=1S/C16H24O3/c1-18-14-7-9-15(10-8-14)19-12-11-16(17)13-5-3-2-4-6-13/h7-10,13,16-17H,2-6,11-12H2,1H3. The quantitative estimate of drug-likeness (QED) is 0.855. The van der Waals surface area contributed by atoms with E-state index < -0.39 is 0 Å². The Morgan fingerprint density at radius 3 is 2.37 bits per heavy atom. The van der Waals surface area contributed by atoms with E-state index in [1.165, 1.54) is 32.1 Å². The van der Waals surface area contributed by atoms with Gasteiger partial charge in [-0.2, -0.15) is 0 Å².